The van der Waals surface area contributed by atoms with Crippen molar-refractivity contribution < 1.29 is 4.74 Å². The molecule has 2 aliphatic rings. The van der Waals surface area contributed by atoms with Gasteiger partial charge in [0.05, 0.1) is 12.3 Å². The maximum absolute atomic E-state index is 6.19. The van der Waals surface area contributed by atoms with E-state index in [1.807, 2.05) is 24.7 Å². The average molecular weight is 400 g/mol. The zero-order valence-corrected chi connectivity index (χ0v) is 17.9. The van der Waals surface area contributed by atoms with Crippen molar-refractivity contribution >= 4 is 0 Å². The summed E-state index contributed by atoms with van der Waals surface area (Å²) in [5, 5.41) is 0. The molecule has 1 aliphatic heterocycles. The summed E-state index contributed by atoms with van der Waals surface area (Å²) in [6.45, 7) is 5.18. The number of pyridine rings is 3. The quantitative estimate of drug-likeness (QED) is 0.596. The molecule has 0 fully saturated rings. The fraction of sp³-hybridized carbons (Fsp3) is 0.423. The van der Waals surface area contributed by atoms with Crippen molar-refractivity contribution in [2.24, 2.45) is 0 Å². The first-order valence-electron chi connectivity index (χ1n) is 11.2. The van der Waals surface area contributed by atoms with Crippen LogP contribution in [-0.4, -0.2) is 21.6 Å². The molecule has 4 nitrogen and oxygen atoms in total. The summed E-state index contributed by atoms with van der Waals surface area (Å²) < 4.78 is 6.19. The van der Waals surface area contributed by atoms with Crippen molar-refractivity contribution in [3.05, 3.63) is 82.2 Å². The van der Waals surface area contributed by atoms with Gasteiger partial charge < -0.3 is 4.74 Å². The van der Waals surface area contributed by atoms with Crippen molar-refractivity contribution in [1.82, 2.24) is 15.0 Å². The third-order valence-corrected chi connectivity index (χ3v) is 6.78. The monoisotopic (exact) mass is 399 g/mol. The Bertz CT molecular complexity index is 1060. The maximum atomic E-state index is 6.19. The second-order valence-electron chi connectivity index (χ2n) is 8.70. The van der Waals surface area contributed by atoms with E-state index in [2.05, 4.69) is 37.0 Å². The van der Waals surface area contributed by atoms with Gasteiger partial charge in [0.2, 0.25) is 0 Å². The van der Waals surface area contributed by atoms with E-state index in [0.717, 1.165) is 49.4 Å². The molecule has 0 radical (unpaired) electrons. The molecule has 0 amide bonds. The number of nitrogens with zero attached hydrogens (tertiary/aromatic N) is 3. The van der Waals surface area contributed by atoms with Crippen molar-refractivity contribution in [1.29, 1.82) is 0 Å². The van der Waals surface area contributed by atoms with Crippen LogP contribution in [0, 0.1) is 6.92 Å². The van der Waals surface area contributed by atoms with E-state index in [1.165, 1.54) is 40.8 Å². The van der Waals surface area contributed by atoms with E-state index in [-0.39, 0.29) is 0 Å². The van der Waals surface area contributed by atoms with Crippen LogP contribution in [0.2, 0.25) is 0 Å². The van der Waals surface area contributed by atoms with E-state index < -0.39 is 0 Å². The summed E-state index contributed by atoms with van der Waals surface area (Å²) in [6.07, 6.45) is 12.3. The highest BCUT2D eigenvalue weighted by atomic mass is 16.5. The van der Waals surface area contributed by atoms with Crippen molar-refractivity contribution in [3.63, 3.8) is 0 Å². The highest BCUT2D eigenvalue weighted by Crippen LogP contribution is 2.42. The first kappa shape index (κ1) is 19.2. The first-order chi connectivity index (χ1) is 14.7. The summed E-state index contributed by atoms with van der Waals surface area (Å²) in [7, 11) is 0. The molecular weight excluding hydrogens is 370 g/mol. The molecule has 0 N–H and O–H groups in total. The van der Waals surface area contributed by atoms with Crippen molar-refractivity contribution in [2.75, 3.05) is 6.61 Å². The van der Waals surface area contributed by atoms with Crippen LogP contribution in [0.15, 0.2) is 42.9 Å². The number of hydrogen-bond acceptors (Lipinski definition) is 4. The van der Waals surface area contributed by atoms with Gasteiger partial charge in [-0.1, -0.05) is 13.0 Å². The largest absolute Gasteiger partial charge is 0.491 e. The number of aryl methyl sites for hydroxylation is 3. The molecule has 1 aliphatic carbocycles. The van der Waals surface area contributed by atoms with Gasteiger partial charge in [0.1, 0.15) is 5.75 Å². The first-order valence-corrected chi connectivity index (χ1v) is 11.2. The van der Waals surface area contributed by atoms with Gasteiger partial charge in [-0.2, -0.15) is 0 Å². The lowest BCUT2D eigenvalue weighted by Gasteiger charge is -2.31. The molecule has 0 saturated carbocycles. The van der Waals surface area contributed by atoms with Crippen LogP contribution >= 0.6 is 0 Å². The van der Waals surface area contributed by atoms with Gasteiger partial charge in [0, 0.05) is 35.9 Å². The molecule has 30 heavy (non-hydrogen) atoms. The Labute approximate surface area is 178 Å². The molecule has 3 aromatic rings. The van der Waals surface area contributed by atoms with Gasteiger partial charge in [-0.25, -0.2) is 0 Å². The molecule has 4 heteroatoms. The van der Waals surface area contributed by atoms with Gasteiger partial charge in [-0.05, 0) is 91.8 Å². The lowest BCUT2D eigenvalue weighted by molar-refractivity contribution is 0.269. The third-order valence-electron chi connectivity index (χ3n) is 6.78. The summed E-state index contributed by atoms with van der Waals surface area (Å²) in [5.41, 5.74) is 8.93. The normalized spacial score (nSPS) is 20.2. The molecule has 3 aromatic heterocycles. The second-order valence-corrected chi connectivity index (χ2v) is 8.70. The van der Waals surface area contributed by atoms with E-state index in [4.69, 9.17) is 14.7 Å². The molecule has 5 rings (SSSR count). The number of rotatable bonds is 4. The minimum Gasteiger partial charge on any atom is -0.491 e. The van der Waals surface area contributed by atoms with Crippen LogP contribution < -0.4 is 4.74 Å². The van der Waals surface area contributed by atoms with Gasteiger partial charge in [-0.3, -0.25) is 15.0 Å². The minimum atomic E-state index is 0.298. The van der Waals surface area contributed by atoms with Crippen LogP contribution in [0.3, 0.4) is 0 Å². The van der Waals surface area contributed by atoms with Crippen LogP contribution in [-0.2, 0) is 19.3 Å². The SMILES string of the molecule is Cc1cccnc1CCc1ccnc2c1OCC[C@@H]2c1ccnc2c1CCC[C@@H]2C. The zero-order valence-electron chi connectivity index (χ0n) is 17.9. The predicted octanol–water partition coefficient (Wildman–Crippen LogP) is 5.32. The van der Waals surface area contributed by atoms with Crippen molar-refractivity contribution in [2.45, 2.75) is 64.2 Å². The number of hydrogen-bond donors (Lipinski definition) is 0. The fourth-order valence-electron chi connectivity index (χ4n) is 5.14. The van der Waals surface area contributed by atoms with Crippen LogP contribution in [0.25, 0.3) is 0 Å². The summed E-state index contributed by atoms with van der Waals surface area (Å²) in [6, 6.07) is 8.47. The Morgan fingerprint density at radius 1 is 0.967 bits per heavy atom. The highest BCUT2D eigenvalue weighted by Gasteiger charge is 2.30. The van der Waals surface area contributed by atoms with E-state index >= 15 is 0 Å². The Morgan fingerprint density at radius 3 is 2.73 bits per heavy atom. The summed E-state index contributed by atoms with van der Waals surface area (Å²) in [4.78, 5) is 14.1. The van der Waals surface area contributed by atoms with Gasteiger partial charge in [-0.15, -0.1) is 0 Å². The molecule has 0 aromatic carbocycles. The van der Waals surface area contributed by atoms with E-state index in [1.54, 1.807) is 0 Å². The summed E-state index contributed by atoms with van der Waals surface area (Å²) in [5.74, 6) is 1.85. The lowest BCUT2D eigenvalue weighted by atomic mass is 9.79. The van der Waals surface area contributed by atoms with Gasteiger partial charge in [0.25, 0.3) is 0 Å². The van der Waals surface area contributed by atoms with Crippen molar-refractivity contribution in [3.8, 4) is 5.75 Å². The third kappa shape index (κ3) is 3.49. The summed E-state index contributed by atoms with van der Waals surface area (Å²) >= 11 is 0. The maximum Gasteiger partial charge on any atom is 0.144 e. The van der Waals surface area contributed by atoms with E-state index in [9.17, 15) is 0 Å². The molecule has 0 saturated heterocycles. The second kappa shape index (κ2) is 8.17. The number of fused-ring (bicyclic) bond motifs is 2. The number of aromatic nitrogens is 3. The molecule has 2 atom stereocenters. The Kier molecular flexibility index (Phi) is 5.24. The molecule has 4 heterocycles. The van der Waals surface area contributed by atoms with Crippen LogP contribution in [0.5, 0.6) is 5.75 Å². The Balaban J connectivity index is 1.48. The molecule has 154 valence electrons. The fourth-order valence-corrected chi connectivity index (χ4v) is 5.14. The van der Waals surface area contributed by atoms with Gasteiger partial charge >= 0.3 is 0 Å². The molecular formula is C26H29N3O. The number of ether oxygens (including phenoxy) is 1. The minimum absolute atomic E-state index is 0.298. The standard InChI is InChI=1S/C26H29N3O/c1-17-6-4-13-27-23(17)9-8-19-10-14-29-25-22(12-16-30-26(19)25)20-11-15-28-24-18(2)5-3-7-21(20)24/h4,6,10-11,13-15,18,22H,3,5,7-9,12,16H2,1-2H3/t18-,22+/m0/s1. The topological polar surface area (TPSA) is 47.9 Å². The van der Waals surface area contributed by atoms with Crippen LogP contribution in [0.4, 0.5) is 0 Å². The Morgan fingerprint density at radius 2 is 1.83 bits per heavy atom. The molecule has 0 spiro atoms. The smallest absolute Gasteiger partial charge is 0.144 e. The lowest BCUT2D eigenvalue weighted by Crippen LogP contribution is -2.21. The molecule has 0 bridgehead atoms. The highest BCUT2D eigenvalue weighted by molar-refractivity contribution is 5.48. The Hall–Kier alpha value is -2.75. The van der Waals surface area contributed by atoms with Gasteiger partial charge in [0.15, 0.2) is 0 Å². The molecule has 0 unspecified atom stereocenters. The van der Waals surface area contributed by atoms with Crippen LogP contribution in [0.1, 0.15) is 77.4 Å². The average Bonchev–Trinajstić information content (AvgIpc) is 2.78. The zero-order chi connectivity index (χ0) is 20.5. The predicted molar refractivity (Wildman–Crippen MR) is 118 cm³/mol. The van der Waals surface area contributed by atoms with E-state index in [0.29, 0.717) is 11.8 Å².